The number of hydrogen-bond acceptors (Lipinski definition) is 1. The lowest BCUT2D eigenvalue weighted by Gasteiger charge is -2.27. The number of carbonyl (C=O) groups is 1. The molecular weight excluding hydrogens is 246 g/mol. The fraction of sp³-hybridized carbons (Fsp3) is 0.562. The molecule has 1 aliphatic rings. The highest BCUT2D eigenvalue weighted by atomic mass is 19.1. The molecule has 0 bridgehead atoms. The number of rotatable bonds is 3. The van der Waals surface area contributed by atoms with Crippen LogP contribution in [0.2, 0.25) is 0 Å². The molecule has 0 amide bonds. The van der Waals surface area contributed by atoms with E-state index in [0.29, 0.717) is 11.5 Å². The van der Waals surface area contributed by atoms with Crippen molar-refractivity contribution in [2.45, 2.75) is 46.0 Å². The van der Waals surface area contributed by atoms with Crippen LogP contribution in [0.5, 0.6) is 0 Å². The topological polar surface area (TPSA) is 17.1 Å². The molecule has 0 radical (unpaired) electrons. The molecule has 104 valence electrons. The molecule has 1 aromatic rings. The Kier molecular flexibility index (Phi) is 4.33. The zero-order valence-electron chi connectivity index (χ0n) is 11.5. The van der Waals surface area contributed by atoms with Gasteiger partial charge < -0.3 is 0 Å². The van der Waals surface area contributed by atoms with Gasteiger partial charge in [0.1, 0.15) is 11.6 Å². The van der Waals surface area contributed by atoms with Crippen LogP contribution in [0.1, 0.15) is 54.9 Å². The smallest absolute Gasteiger partial charge is 0.171 e. The molecule has 0 aliphatic heterocycles. The zero-order chi connectivity index (χ0) is 14.0. The van der Waals surface area contributed by atoms with E-state index in [2.05, 4.69) is 6.92 Å². The van der Waals surface area contributed by atoms with E-state index in [-0.39, 0.29) is 17.3 Å². The molecule has 2 unspecified atom stereocenters. The third-order valence-electron chi connectivity index (χ3n) is 4.26. The number of benzene rings is 1. The Morgan fingerprint density at radius 3 is 2.74 bits per heavy atom. The number of carbonyl (C=O) groups excluding carboxylic acids is 1. The molecule has 2 rings (SSSR count). The van der Waals surface area contributed by atoms with E-state index in [4.69, 9.17) is 0 Å². The van der Waals surface area contributed by atoms with Crippen molar-refractivity contribution in [2.24, 2.45) is 11.8 Å². The van der Waals surface area contributed by atoms with E-state index in [1.807, 2.05) is 0 Å². The monoisotopic (exact) mass is 266 g/mol. The Morgan fingerprint density at radius 2 is 2.05 bits per heavy atom. The predicted molar refractivity (Wildman–Crippen MR) is 71.2 cm³/mol. The van der Waals surface area contributed by atoms with Gasteiger partial charge >= 0.3 is 0 Å². The van der Waals surface area contributed by atoms with Gasteiger partial charge in [0, 0.05) is 5.92 Å². The minimum atomic E-state index is -0.730. The van der Waals surface area contributed by atoms with Gasteiger partial charge in [-0.2, -0.15) is 0 Å². The summed E-state index contributed by atoms with van der Waals surface area (Å²) in [5.74, 6) is -1.48. The minimum absolute atomic E-state index is 0.218. The molecule has 1 aliphatic carbocycles. The lowest BCUT2D eigenvalue weighted by molar-refractivity contribution is 0.0853. The fourth-order valence-corrected chi connectivity index (χ4v) is 2.99. The van der Waals surface area contributed by atoms with E-state index in [0.717, 1.165) is 32.1 Å². The van der Waals surface area contributed by atoms with Crippen molar-refractivity contribution in [1.82, 2.24) is 0 Å². The van der Waals surface area contributed by atoms with Gasteiger partial charge in [-0.1, -0.05) is 32.3 Å². The standard InChI is InChI=1S/C16H20F2O/c1-3-11-5-4-6-12(9-11)16(19)14-13(17)8-7-10(2)15(14)18/h7-8,11-12H,3-6,9H2,1-2H3. The maximum atomic E-state index is 14.0. The SMILES string of the molecule is CCC1CCCC(C(=O)c2c(F)ccc(C)c2F)C1. The summed E-state index contributed by atoms with van der Waals surface area (Å²) in [5, 5.41) is 0. The van der Waals surface area contributed by atoms with E-state index in [1.165, 1.54) is 12.1 Å². The molecule has 0 aromatic heterocycles. The highest BCUT2D eigenvalue weighted by Crippen LogP contribution is 2.34. The fourth-order valence-electron chi connectivity index (χ4n) is 2.99. The number of hydrogen-bond donors (Lipinski definition) is 0. The molecule has 1 fully saturated rings. The van der Waals surface area contributed by atoms with Gasteiger partial charge in [-0.25, -0.2) is 8.78 Å². The molecule has 2 atom stereocenters. The third-order valence-corrected chi connectivity index (χ3v) is 4.26. The van der Waals surface area contributed by atoms with Gasteiger partial charge in [-0.15, -0.1) is 0 Å². The van der Waals surface area contributed by atoms with Crippen LogP contribution in [0.25, 0.3) is 0 Å². The van der Waals surface area contributed by atoms with Crippen molar-refractivity contribution < 1.29 is 13.6 Å². The van der Waals surface area contributed by atoms with Crippen molar-refractivity contribution in [2.75, 3.05) is 0 Å². The Hall–Kier alpha value is -1.25. The van der Waals surface area contributed by atoms with Crippen LogP contribution >= 0.6 is 0 Å². The molecule has 1 aromatic carbocycles. The van der Waals surface area contributed by atoms with Crippen LogP contribution in [-0.2, 0) is 0 Å². The third kappa shape index (κ3) is 2.85. The molecule has 0 saturated heterocycles. The lowest BCUT2D eigenvalue weighted by atomic mass is 9.77. The second-order valence-electron chi connectivity index (χ2n) is 5.56. The van der Waals surface area contributed by atoms with Crippen LogP contribution in [-0.4, -0.2) is 5.78 Å². The van der Waals surface area contributed by atoms with Gasteiger partial charge in [-0.3, -0.25) is 4.79 Å². The first-order valence-electron chi connectivity index (χ1n) is 7.03. The van der Waals surface area contributed by atoms with E-state index < -0.39 is 11.6 Å². The first-order chi connectivity index (χ1) is 9.04. The molecule has 3 heteroatoms. The van der Waals surface area contributed by atoms with Crippen LogP contribution in [0.15, 0.2) is 12.1 Å². The minimum Gasteiger partial charge on any atom is -0.294 e. The molecule has 0 spiro atoms. The summed E-state index contributed by atoms with van der Waals surface area (Å²) in [6.07, 6.45) is 4.65. The number of Topliss-reactive ketones (excluding diaryl/α,β-unsaturated/α-hetero) is 1. The van der Waals surface area contributed by atoms with Crippen LogP contribution in [0, 0.1) is 30.4 Å². The highest BCUT2D eigenvalue weighted by molar-refractivity contribution is 5.98. The Bertz CT molecular complexity index is 482. The van der Waals surface area contributed by atoms with Crippen molar-refractivity contribution >= 4 is 5.78 Å². The summed E-state index contributed by atoms with van der Waals surface area (Å²) in [4.78, 5) is 12.4. The molecule has 0 N–H and O–H groups in total. The first kappa shape index (κ1) is 14.2. The summed E-state index contributed by atoms with van der Waals surface area (Å²) in [6, 6.07) is 2.56. The predicted octanol–water partition coefficient (Wildman–Crippen LogP) is 4.67. The van der Waals surface area contributed by atoms with E-state index in [1.54, 1.807) is 6.92 Å². The van der Waals surface area contributed by atoms with Crippen LogP contribution in [0.4, 0.5) is 8.78 Å². The van der Waals surface area contributed by atoms with Crippen molar-refractivity contribution in [3.05, 3.63) is 34.9 Å². The van der Waals surface area contributed by atoms with E-state index in [9.17, 15) is 13.6 Å². The van der Waals surface area contributed by atoms with Crippen molar-refractivity contribution in [3.63, 3.8) is 0 Å². The van der Waals surface area contributed by atoms with Gasteiger partial charge in [0.15, 0.2) is 5.78 Å². The average Bonchev–Trinajstić information content (AvgIpc) is 2.43. The van der Waals surface area contributed by atoms with E-state index >= 15 is 0 Å². The molecule has 1 nitrogen and oxygen atoms in total. The quantitative estimate of drug-likeness (QED) is 0.726. The second-order valence-corrected chi connectivity index (χ2v) is 5.56. The summed E-state index contributed by atoms with van der Waals surface area (Å²) in [6.45, 7) is 3.66. The normalized spacial score (nSPS) is 23.4. The second kappa shape index (κ2) is 5.81. The van der Waals surface area contributed by atoms with Crippen molar-refractivity contribution in [1.29, 1.82) is 0 Å². The first-order valence-corrected chi connectivity index (χ1v) is 7.03. The van der Waals surface area contributed by atoms with Gasteiger partial charge in [0.25, 0.3) is 0 Å². The molecule has 0 heterocycles. The molecular formula is C16H20F2O. The van der Waals surface area contributed by atoms with Crippen LogP contribution in [0.3, 0.4) is 0 Å². The van der Waals surface area contributed by atoms with Crippen LogP contribution < -0.4 is 0 Å². The highest BCUT2D eigenvalue weighted by Gasteiger charge is 2.30. The lowest BCUT2D eigenvalue weighted by Crippen LogP contribution is -2.24. The van der Waals surface area contributed by atoms with Gasteiger partial charge in [0.05, 0.1) is 5.56 Å². The zero-order valence-corrected chi connectivity index (χ0v) is 11.5. The number of halogens is 2. The number of ketones is 1. The van der Waals surface area contributed by atoms with Gasteiger partial charge in [0.2, 0.25) is 0 Å². The maximum Gasteiger partial charge on any atom is 0.171 e. The summed E-state index contributed by atoms with van der Waals surface area (Å²) in [7, 11) is 0. The summed E-state index contributed by atoms with van der Waals surface area (Å²) >= 11 is 0. The number of aryl methyl sites for hydroxylation is 1. The van der Waals surface area contributed by atoms with Gasteiger partial charge in [-0.05, 0) is 37.3 Å². The van der Waals surface area contributed by atoms with Crippen molar-refractivity contribution in [3.8, 4) is 0 Å². The Labute approximate surface area is 113 Å². The average molecular weight is 266 g/mol. The summed E-state index contributed by atoms with van der Waals surface area (Å²) in [5.41, 5.74) is -0.00523. The molecule has 19 heavy (non-hydrogen) atoms. The Morgan fingerprint density at radius 1 is 1.32 bits per heavy atom. The summed E-state index contributed by atoms with van der Waals surface area (Å²) < 4.78 is 27.7. The maximum absolute atomic E-state index is 14.0. The molecule has 1 saturated carbocycles. The Balaban J connectivity index is 2.27. The largest absolute Gasteiger partial charge is 0.294 e.